The first-order chi connectivity index (χ1) is 10.3. The van der Waals surface area contributed by atoms with E-state index in [1.165, 1.54) is 13.0 Å². The summed E-state index contributed by atoms with van der Waals surface area (Å²) in [5, 5.41) is 0. The minimum absolute atomic E-state index is 0.0509. The van der Waals surface area contributed by atoms with E-state index < -0.39 is 0 Å². The highest BCUT2D eigenvalue weighted by atomic mass is 19.1. The third-order valence-electron chi connectivity index (χ3n) is 5.08. The Labute approximate surface area is 131 Å². The van der Waals surface area contributed by atoms with Crippen LogP contribution in [0.5, 0.6) is 0 Å². The molecule has 0 N–H and O–H groups in total. The summed E-state index contributed by atoms with van der Waals surface area (Å²) in [6, 6.07) is 4.76. The average molecular weight is 305 g/mol. The molecule has 1 aromatic rings. The lowest BCUT2D eigenvalue weighted by Gasteiger charge is -2.40. The van der Waals surface area contributed by atoms with Crippen LogP contribution in [0.2, 0.25) is 0 Å². The average Bonchev–Trinajstić information content (AvgIpc) is 2.75. The minimum Gasteiger partial charge on any atom is -0.375 e. The molecule has 2 saturated heterocycles. The highest BCUT2D eigenvalue weighted by Gasteiger charge is 2.46. The first-order valence-electron chi connectivity index (χ1n) is 8.00. The molecule has 2 aliphatic rings. The lowest BCUT2D eigenvalue weighted by molar-refractivity contribution is 0.0295. The Morgan fingerprint density at radius 2 is 1.95 bits per heavy atom. The van der Waals surface area contributed by atoms with Crippen LogP contribution < -0.4 is 4.90 Å². The number of Topliss-reactive ketones (excluding diaryl/α,β-unsaturated/α-hetero) is 1. The van der Waals surface area contributed by atoms with Crippen LogP contribution >= 0.6 is 0 Å². The molecule has 0 unspecified atom stereocenters. The van der Waals surface area contributed by atoms with Crippen LogP contribution in [-0.4, -0.2) is 31.1 Å². The third kappa shape index (κ3) is 2.76. The van der Waals surface area contributed by atoms with Crippen LogP contribution in [0.15, 0.2) is 18.2 Å². The number of nitrogens with zero attached hydrogens (tertiary/aromatic N) is 1. The first-order valence-corrected chi connectivity index (χ1v) is 8.00. The van der Waals surface area contributed by atoms with Gasteiger partial charge in [-0.15, -0.1) is 0 Å². The standard InChI is InChI=1S/C18H24FNO2/c1-13(21)14-5-4-6-15(19)16(14)20-9-7-18(8-10-20)11-17(2,3)22-12-18/h4-6H,7-12H2,1-3H3. The predicted octanol–water partition coefficient (Wildman–Crippen LogP) is 3.81. The number of rotatable bonds is 2. The van der Waals surface area contributed by atoms with E-state index in [1.807, 2.05) is 4.90 Å². The summed E-state index contributed by atoms with van der Waals surface area (Å²) in [4.78, 5) is 13.8. The van der Waals surface area contributed by atoms with Crippen molar-refractivity contribution in [2.24, 2.45) is 5.41 Å². The topological polar surface area (TPSA) is 29.5 Å². The zero-order valence-electron chi connectivity index (χ0n) is 13.6. The van der Waals surface area contributed by atoms with Crippen molar-refractivity contribution in [1.82, 2.24) is 0 Å². The third-order valence-corrected chi connectivity index (χ3v) is 5.08. The van der Waals surface area contributed by atoms with E-state index in [1.54, 1.807) is 12.1 Å². The molecule has 2 aliphatic heterocycles. The molecule has 0 amide bonds. The van der Waals surface area contributed by atoms with Crippen LogP contribution in [-0.2, 0) is 4.74 Å². The number of carbonyl (C=O) groups is 1. The molecule has 22 heavy (non-hydrogen) atoms. The summed E-state index contributed by atoms with van der Waals surface area (Å²) in [5.41, 5.74) is 1.13. The van der Waals surface area contributed by atoms with Crippen molar-refractivity contribution in [3.8, 4) is 0 Å². The molecule has 2 fully saturated rings. The highest BCUT2D eigenvalue weighted by molar-refractivity contribution is 5.99. The second-order valence-electron chi connectivity index (χ2n) is 7.40. The van der Waals surface area contributed by atoms with Crippen molar-refractivity contribution >= 4 is 11.5 Å². The van der Waals surface area contributed by atoms with Gasteiger partial charge in [-0.05, 0) is 57.6 Å². The molecule has 0 atom stereocenters. The first kappa shape index (κ1) is 15.5. The van der Waals surface area contributed by atoms with Crippen LogP contribution in [0.3, 0.4) is 0 Å². The van der Waals surface area contributed by atoms with E-state index in [-0.39, 0.29) is 22.6 Å². The van der Waals surface area contributed by atoms with Crippen molar-refractivity contribution in [1.29, 1.82) is 0 Å². The SMILES string of the molecule is CC(=O)c1cccc(F)c1N1CCC2(CC1)COC(C)(C)C2. The van der Waals surface area contributed by atoms with Gasteiger partial charge in [0.25, 0.3) is 0 Å². The summed E-state index contributed by atoms with van der Waals surface area (Å²) < 4.78 is 20.2. The van der Waals surface area contributed by atoms with Gasteiger partial charge in [-0.3, -0.25) is 4.79 Å². The van der Waals surface area contributed by atoms with Gasteiger partial charge in [0.05, 0.1) is 17.9 Å². The normalized spacial score (nSPS) is 23.0. The molecule has 0 aromatic heterocycles. The van der Waals surface area contributed by atoms with Crippen molar-refractivity contribution in [2.75, 3.05) is 24.6 Å². The smallest absolute Gasteiger partial charge is 0.161 e. The number of hydrogen-bond acceptors (Lipinski definition) is 3. The van der Waals surface area contributed by atoms with Crippen molar-refractivity contribution in [2.45, 2.75) is 45.6 Å². The van der Waals surface area contributed by atoms with Crippen LogP contribution in [0.1, 0.15) is 50.4 Å². The quantitative estimate of drug-likeness (QED) is 0.778. The summed E-state index contributed by atoms with van der Waals surface area (Å²) in [5.74, 6) is -0.383. The van der Waals surface area contributed by atoms with Crippen molar-refractivity contribution in [3.05, 3.63) is 29.6 Å². The number of carbonyl (C=O) groups excluding carboxylic acids is 1. The number of ketones is 1. The zero-order chi connectivity index (χ0) is 16.0. The van der Waals surface area contributed by atoms with Crippen molar-refractivity contribution < 1.29 is 13.9 Å². The maximum Gasteiger partial charge on any atom is 0.161 e. The molecule has 1 spiro atoms. The van der Waals surface area contributed by atoms with Crippen LogP contribution in [0, 0.1) is 11.2 Å². The number of hydrogen-bond donors (Lipinski definition) is 0. The van der Waals surface area contributed by atoms with Gasteiger partial charge in [0.1, 0.15) is 5.82 Å². The predicted molar refractivity (Wildman–Crippen MR) is 84.9 cm³/mol. The van der Waals surface area contributed by atoms with Gasteiger partial charge >= 0.3 is 0 Å². The second kappa shape index (κ2) is 5.34. The molecule has 0 radical (unpaired) electrons. The summed E-state index contributed by atoms with van der Waals surface area (Å²) >= 11 is 0. The molecule has 0 saturated carbocycles. The van der Waals surface area contributed by atoms with E-state index in [4.69, 9.17) is 4.74 Å². The van der Waals surface area contributed by atoms with E-state index in [9.17, 15) is 9.18 Å². The van der Waals surface area contributed by atoms with Gasteiger partial charge in [-0.1, -0.05) is 6.07 Å². The zero-order valence-corrected chi connectivity index (χ0v) is 13.6. The molecular formula is C18H24FNO2. The summed E-state index contributed by atoms with van der Waals surface area (Å²) in [6.45, 7) is 8.13. The number of piperidine rings is 1. The van der Waals surface area contributed by atoms with E-state index in [0.717, 1.165) is 39.0 Å². The Morgan fingerprint density at radius 3 is 2.50 bits per heavy atom. The van der Waals surface area contributed by atoms with Gasteiger partial charge < -0.3 is 9.64 Å². The van der Waals surface area contributed by atoms with E-state index >= 15 is 0 Å². The second-order valence-corrected chi connectivity index (χ2v) is 7.40. The number of para-hydroxylation sites is 1. The van der Waals surface area contributed by atoms with E-state index in [2.05, 4.69) is 13.8 Å². The fourth-order valence-electron chi connectivity index (χ4n) is 4.00. The van der Waals surface area contributed by atoms with Crippen LogP contribution in [0.4, 0.5) is 10.1 Å². The van der Waals surface area contributed by atoms with Gasteiger partial charge in [-0.2, -0.15) is 0 Å². The molecule has 4 heteroatoms. The highest BCUT2D eigenvalue weighted by Crippen LogP contribution is 2.47. The molecule has 2 heterocycles. The maximum absolute atomic E-state index is 14.3. The monoisotopic (exact) mass is 305 g/mol. The maximum atomic E-state index is 14.3. The Hall–Kier alpha value is -1.42. The fraction of sp³-hybridized carbons (Fsp3) is 0.611. The summed E-state index contributed by atoms with van der Waals surface area (Å²) in [6.07, 6.45) is 3.04. The van der Waals surface area contributed by atoms with Crippen LogP contribution in [0.25, 0.3) is 0 Å². The molecule has 3 rings (SSSR count). The minimum atomic E-state index is -0.299. The Morgan fingerprint density at radius 1 is 1.27 bits per heavy atom. The lowest BCUT2D eigenvalue weighted by atomic mass is 9.74. The van der Waals surface area contributed by atoms with Crippen molar-refractivity contribution in [3.63, 3.8) is 0 Å². The van der Waals surface area contributed by atoms with Gasteiger partial charge in [-0.25, -0.2) is 4.39 Å². The Bertz CT molecular complexity index is 589. The Balaban J connectivity index is 1.79. The number of ether oxygens (including phenoxy) is 1. The fourth-order valence-corrected chi connectivity index (χ4v) is 4.00. The number of benzene rings is 1. The number of anilines is 1. The van der Waals surface area contributed by atoms with E-state index in [0.29, 0.717) is 11.3 Å². The number of halogens is 1. The van der Waals surface area contributed by atoms with Gasteiger partial charge in [0.2, 0.25) is 0 Å². The Kier molecular flexibility index (Phi) is 3.76. The molecule has 0 bridgehead atoms. The van der Waals surface area contributed by atoms with Gasteiger partial charge in [0, 0.05) is 18.7 Å². The van der Waals surface area contributed by atoms with Gasteiger partial charge in [0.15, 0.2) is 5.78 Å². The largest absolute Gasteiger partial charge is 0.375 e. The lowest BCUT2D eigenvalue weighted by Crippen LogP contribution is -2.41. The molecule has 0 aliphatic carbocycles. The molecule has 120 valence electrons. The molecule has 3 nitrogen and oxygen atoms in total. The molecule has 1 aromatic carbocycles. The molecular weight excluding hydrogens is 281 g/mol. The summed E-state index contributed by atoms with van der Waals surface area (Å²) in [7, 11) is 0.